The second kappa shape index (κ2) is 4.48. The molecule has 0 aromatic carbocycles. The average molecular weight is 256 g/mol. The van der Waals surface area contributed by atoms with Crippen LogP contribution in [-0.4, -0.2) is 33.7 Å². The Bertz CT molecular complexity index is 346. The Labute approximate surface area is 94.0 Å². The van der Waals surface area contributed by atoms with Crippen molar-refractivity contribution in [2.24, 2.45) is 0 Å². The Kier molecular flexibility index (Phi) is 4.49. The topological polar surface area (TPSA) is 86.3 Å². The highest BCUT2D eigenvalue weighted by Crippen LogP contribution is 2.29. The summed E-state index contributed by atoms with van der Waals surface area (Å²) in [4.78, 5) is 0. The molecular weight excluding hydrogens is 238 g/mol. The van der Waals surface area contributed by atoms with Crippen LogP contribution in [-0.2, 0) is 21.1 Å². The van der Waals surface area contributed by atoms with Crippen molar-refractivity contribution < 1.29 is 17.2 Å². The third-order valence-corrected chi connectivity index (χ3v) is 5.48. The van der Waals surface area contributed by atoms with E-state index < -0.39 is 30.6 Å². The van der Waals surface area contributed by atoms with Crippen molar-refractivity contribution in [2.75, 3.05) is 7.05 Å². The van der Waals surface area contributed by atoms with Gasteiger partial charge < -0.3 is 4.55 Å². The lowest BCUT2D eigenvalue weighted by atomic mass is 9.99. The lowest BCUT2D eigenvalue weighted by Gasteiger charge is -2.35. The second-order valence-electron chi connectivity index (χ2n) is 4.64. The fourth-order valence-corrected chi connectivity index (χ4v) is 3.13. The molecule has 92 valence electrons. The molecule has 0 fully saturated rings. The van der Waals surface area contributed by atoms with E-state index in [1.54, 1.807) is 0 Å². The minimum absolute atomic E-state index is 0.0410. The summed E-state index contributed by atoms with van der Waals surface area (Å²) in [7, 11) is -2.17. The molecule has 0 aliphatic carbocycles. The predicted octanol–water partition coefficient (Wildman–Crippen LogP) is 0.362. The van der Waals surface area contributed by atoms with Gasteiger partial charge in [0.2, 0.25) is 10.0 Å². The van der Waals surface area contributed by atoms with E-state index >= 15 is 0 Å². The molecule has 0 aromatic heterocycles. The van der Waals surface area contributed by atoms with Crippen LogP contribution in [0.25, 0.3) is 0 Å². The summed E-state index contributed by atoms with van der Waals surface area (Å²) in [5.41, 5.74) is 0. The first-order chi connectivity index (χ1) is 6.46. The maximum Gasteiger partial charge on any atom is 0.216 e. The number of rotatable bonds is 5. The van der Waals surface area contributed by atoms with Crippen molar-refractivity contribution in [1.82, 2.24) is 4.72 Å². The molecule has 0 bridgehead atoms. The molecule has 15 heavy (non-hydrogen) atoms. The van der Waals surface area contributed by atoms with Gasteiger partial charge in [0.15, 0.2) is 0 Å². The zero-order valence-electron chi connectivity index (χ0n) is 9.66. The number of hydrogen-bond acceptors (Lipinski definition) is 4. The molecule has 0 saturated carbocycles. The highest BCUT2D eigenvalue weighted by molar-refractivity contribution is 7.90. The van der Waals surface area contributed by atoms with Gasteiger partial charge in [0.1, 0.15) is 0 Å². The van der Waals surface area contributed by atoms with Crippen LogP contribution >= 0.6 is 0 Å². The van der Waals surface area contributed by atoms with Gasteiger partial charge >= 0.3 is 0 Å². The summed E-state index contributed by atoms with van der Waals surface area (Å²) in [6.45, 7) is 6.02. The molecule has 0 aliphatic heterocycles. The summed E-state index contributed by atoms with van der Waals surface area (Å²) >= 11 is -2.30. The molecule has 7 heteroatoms. The van der Waals surface area contributed by atoms with Crippen LogP contribution in [0.1, 0.15) is 34.1 Å². The summed E-state index contributed by atoms with van der Waals surface area (Å²) < 4.78 is 45.0. The molecule has 0 rings (SSSR count). The van der Waals surface area contributed by atoms with Gasteiger partial charge in [0, 0.05) is 4.75 Å². The molecule has 0 amide bonds. The van der Waals surface area contributed by atoms with Crippen molar-refractivity contribution in [3.8, 4) is 0 Å². The largest absolute Gasteiger partial charge is 0.772 e. The summed E-state index contributed by atoms with van der Waals surface area (Å²) in [5, 5.41) is 0. The minimum Gasteiger partial charge on any atom is -0.772 e. The van der Waals surface area contributed by atoms with Crippen molar-refractivity contribution in [3.63, 3.8) is 0 Å². The van der Waals surface area contributed by atoms with Crippen molar-refractivity contribution in [1.29, 1.82) is 0 Å². The van der Waals surface area contributed by atoms with Gasteiger partial charge in [-0.15, -0.1) is 0 Å². The van der Waals surface area contributed by atoms with Crippen LogP contribution in [0.5, 0.6) is 0 Å². The van der Waals surface area contributed by atoms with Crippen LogP contribution in [0.4, 0.5) is 0 Å². The summed E-state index contributed by atoms with van der Waals surface area (Å²) in [5.74, 6) is 0. The van der Waals surface area contributed by atoms with Crippen LogP contribution in [0.3, 0.4) is 0 Å². The van der Waals surface area contributed by atoms with Gasteiger partial charge in [-0.2, -0.15) is 0 Å². The highest BCUT2D eigenvalue weighted by atomic mass is 32.2. The summed E-state index contributed by atoms with van der Waals surface area (Å²) in [6.07, 6.45) is 0.0410. The van der Waals surface area contributed by atoms with E-state index in [1.807, 2.05) is 0 Å². The zero-order chi connectivity index (χ0) is 12.5. The molecule has 0 spiro atoms. The van der Waals surface area contributed by atoms with Gasteiger partial charge in [-0.1, -0.05) is 0 Å². The molecular formula is C8H18NO4S2-. The van der Waals surface area contributed by atoms with Crippen LogP contribution < -0.4 is 4.72 Å². The van der Waals surface area contributed by atoms with E-state index in [-0.39, 0.29) is 6.42 Å². The molecule has 0 aliphatic rings. The second-order valence-corrected chi connectivity index (χ2v) is 8.73. The fraction of sp³-hybridized carbons (Fsp3) is 1.00. The van der Waals surface area contributed by atoms with E-state index in [2.05, 4.69) is 4.72 Å². The van der Waals surface area contributed by atoms with E-state index in [1.165, 1.54) is 34.7 Å². The SMILES string of the molecule is CNS(=O)(=O)C(C)(C)CC(C)(C)S(=O)[O-]. The molecule has 1 unspecified atom stereocenters. The maximum absolute atomic E-state index is 11.6. The Morgan fingerprint density at radius 1 is 1.27 bits per heavy atom. The smallest absolute Gasteiger partial charge is 0.216 e. The zero-order valence-corrected chi connectivity index (χ0v) is 11.3. The van der Waals surface area contributed by atoms with Gasteiger partial charge in [-0.3, -0.25) is 4.21 Å². The Morgan fingerprint density at radius 2 is 1.67 bits per heavy atom. The van der Waals surface area contributed by atoms with Gasteiger partial charge in [0.25, 0.3) is 0 Å². The molecule has 1 N–H and O–H groups in total. The van der Waals surface area contributed by atoms with Crippen LogP contribution in [0.15, 0.2) is 0 Å². The molecule has 0 radical (unpaired) electrons. The Hall–Kier alpha value is 0.0200. The number of nitrogens with one attached hydrogen (secondary N) is 1. The Balaban J connectivity index is 5.04. The minimum atomic E-state index is -3.49. The van der Waals surface area contributed by atoms with E-state index in [9.17, 15) is 17.2 Å². The first-order valence-electron chi connectivity index (χ1n) is 4.49. The third kappa shape index (κ3) is 3.51. The van der Waals surface area contributed by atoms with E-state index in [4.69, 9.17) is 0 Å². The molecule has 5 nitrogen and oxygen atoms in total. The average Bonchev–Trinajstić information content (AvgIpc) is 2.01. The quantitative estimate of drug-likeness (QED) is 0.720. The number of hydrogen-bond donors (Lipinski definition) is 1. The normalized spacial score (nSPS) is 16.4. The third-order valence-electron chi connectivity index (χ3n) is 2.30. The molecule has 0 heterocycles. The van der Waals surface area contributed by atoms with Crippen molar-refractivity contribution in [3.05, 3.63) is 0 Å². The predicted molar refractivity (Wildman–Crippen MR) is 59.7 cm³/mol. The van der Waals surface area contributed by atoms with Gasteiger partial charge in [0.05, 0.1) is 4.75 Å². The molecule has 0 aromatic rings. The summed E-state index contributed by atoms with van der Waals surface area (Å²) in [6, 6.07) is 0. The molecule has 0 saturated heterocycles. The van der Waals surface area contributed by atoms with E-state index in [0.717, 1.165) is 0 Å². The van der Waals surface area contributed by atoms with Gasteiger partial charge in [-0.05, 0) is 52.2 Å². The first-order valence-corrected chi connectivity index (χ1v) is 7.04. The first kappa shape index (κ1) is 15.0. The highest BCUT2D eigenvalue weighted by Gasteiger charge is 2.39. The maximum atomic E-state index is 11.6. The van der Waals surface area contributed by atoms with Crippen LogP contribution in [0, 0.1) is 0 Å². The fourth-order valence-electron chi connectivity index (χ4n) is 1.46. The standard InChI is InChI=1S/C8H19NO4S2/c1-7(2,14(10)11)6-8(3,4)15(12,13)9-5/h9H,6H2,1-5H3,(H,10,11)/p-1. The lowest BCUT2D eigenvalue weighted by Crippen LogP contribution is -2.46. The molecule has 1 atom stereocenters. The van der Waals surface area contributed by atoms with Crippen molar-refractivity contribution in [2.45, 2.75) is 43.6 Å². The monoisotopic (exact) mass is 256 g/mol. The number of sulfonamides is 1. The Morgan fingerprint density at radius 3 is 1.93 bits per heavy atom. The van der Waals surface area contributed by atoms with Crippen LogP contribution in [0.2, 0.25) is 0 Å². The van der Waals surface area contributed by atoms with Crippen molar-refractivity contribution >= 4 is 21.1 Å². The van der Waals surface area contributed by atoms with Gasteiger partial charge in [-0.25, -0.2) is 13.1 Å². The van der Waals surface area contributed by atoms with E-state index in [0.29, 0.717) is 0 Å². The lowest BCUT2D eigenvalue weighted by molar-refractivity contribution is 0.439.